The van der Waals surface area contributed by atoms with E-state index < -0.39 is 0 Å². The van der Waals surface area contributed by atoms with E-state index in [1.165, 1.54) is 16.7 Å². The molecule has 4 heterocycles. The molecule has 0 atom stereocenters. The van der Waals surface area contributed by atoms with Crippen LogP contribution < -0.4 is 15.5 Å². The molecule has 0 saturated heterocycles. The van der Waals surface area contributed by atoms with Gasteiger partial charge in [0.2, 0.25) is 0 Å². The zero-order valence-electron chi connectivity index (χ0n) is 21.1. The van der Waals surface area contributed by atoms with E-state index >= 15 is 0 Å². The molecule has 0 fully saturated rings. The van der Waals surface area contributed by atoms with Gasteiger partial charge in [-0.3, -0.25) is 0 Å². The first-order valence-corrected chi connectivity index (χ1v) is 13.2. The molecule has 5 nitrogen and oxygen atoms in total. The van der Waals surface area contributed by atoms with Gasteiger partial charge in [0.15, 0.2) is 0 Å². The Hall–Kier alpha value is -5.16. The fraction of sp³-hybridized carbons (Fsp3) is 0.0588. The van der Waals surface area contributed by atoms with E-state index in [0.29, 0.717) is 0 Å². The molecule has 0 radical (unpaired) electrons. The van der Waals surface area contributed by atoms with Crippen molar-refractivity contribution in [1.82, 2.24) is 10.6 Å². The van der Waals surface area contributed by atoms with Gasteiger partial charge in [-0.25, -0.2) is 0 Å². The number of rotatable bonds is 4. The second kappa shape index (κ2) is 8.71. The van der Waals surface area contributed by atoms with E-state index in [2.05, 4.69) is 107 Å². The Labute approximate surface area is 225 Å². The van der Waals surface area contributed by atoms with Gasteiger partial charge in [-0.2, -0.15) is 0 Å². The van der Waals surface area contributed by atoms with Gasteiger partial charge in [-0.15, -0.1) is 0 Å². The number of fused-ring (bicyclic) bond motifs is 6. The molecule has 8 rings (SSSR count). The Kier molecular flexibility index (Phi) is 4.88. The SMILES string of the molecule is C1=Cc2oc3ccc(N(c4ccccc4-c4ccccc4)c4cccc5oc6c(c45)CNC=C6)cc3c2CN1. The van der Waals surface area contributed by atoms with E-state index in [-0.39, 0.29) is 0 Å². The second-order valence-electron chi connectivity index (χ2n) is 9.87. The van der Waals surface area contributed by atoms with Crippen molar-refractivity contribution < 1.29 is 8.83 Å². The lowest BCUT2D eigenvalue weighted by Gasteiger charge is -2.29. The molecule has 2 N–H and O–H groups in total. The second-order valence-corrected chi connectivity index (χ2v) is 9.87. The average molecular weight is 508 g/mol. The highest BCUT2D eigenvalue weighted by Gasteiger charge is 2.25. The van der Waals surface area contributed by atoms with Gasteiger partial charge in [0.05, 0.1) is 11.4 Å². The monoisotopic (exact) mass is 507 g/mol. The summed E-state index contributed by atoms with van der Waals surface area (Å²) in [5.41, 5.74) is 9.68. The van der Waals surface area contributed by atoms with Gasteiger partial charge in [0, 0.05) is 58.6 Å². The van der Waals surface area contributed by atoms with Crippen LogP contribution in [0, 0.1) is 0 Å². The first-order valence-electron chi connectivity index (χ1n) is 13.2. The van der Waals surface area contributed by atoms with Crippen LogP contribution >= 0.6 is 0 Å². The lowest BCUT2D eigenvalue weighted by Crippen LogP contribution is -2.13. The van der Waals surface area contributed by atoms with Crippen molar-refractivity contribution in [2.24, 2.45) is 0 Å². The number of benzene rings is 4. The van der Waals surface area contributed by atoms with Crippen LogP contribution in [0.4, 0.5) is 17.1 Å². The summed E-state index contributed by atoms with van der Waals surface area (Å²) in [5, 5.41) is 8.94. The minimum absolute atomic E-state index is 0.719. The molecule has 0 unspecified atom stereocenters. The number of para-hydroxylation sites is 1. The molecule has 0 bridgehead atoms. The Balaban J connectivity index is 1.43. The normalized spacial score (nSPS) is 13.6. The Bertz CT molecular complexity index is 1930. The number of furan rings is 2. The molecule has 2 aliphatic heterocycles. The smallest absolute Gasteiger partial charge is 0.137 e. The van der Waals surface area contributed by atoms with Crippen LogP contribution in [-0.4, -0.2) is 0 Å². The molecule has 188 valence electrons. The molecule has 6 aromatic rings. The van der Waals surface area contributed by atoms with Crippen molar-refractivity contribution in [2.45, 2.75) is 13.1 Å². The first kappa shape index (κ1) is 21.9. The van der Waals surface area contributed by atoms with E-state index in [1.807, 2.05) is 24.6 Å². The Morgan fingerprint density at radius 1 is 0.615 bits per heavy atom. The van der Waals surface area contributed by atoms with Gasteiger partial charge in [0.1, 0.15) is 22.7 Å². The molecule has 0 aliphatic carbocycles. The molecular formula is C34H25N3O2. The molecule has 2 aromatic heterocycles. The third kappa shape index (κ3) is 3.47. The third-order valence-electron chi connectivity index (χ3n) is 7.62. The first-order chi connectivity index (χ1) is 19.3. The predicted octanol–water partition coefficient (Wildman–Crippen LogP) is 8.46. The molecule has 2 aliphatic rings. The van der Waals surface area contributed by atoms with Crippen molar-refractivity contribution in [3.8, 4) is 11.1 Å². The van der Waals surface area contributed by atoms with E-state index in [4.69, 9.17) is 8.83 Å². The largest absolute Gasteiger partial charge is 0.456 e. The quantitative estimate of drug-likeness (QED) is 0.251. The summed E-state index contributed by atoms with van der Waals surface area (Å²) in [6, 6.07) is 32.0. The van der Waals surface area contributed by atoms with Gasteiger partial charge in [0.25, 0.3) is 0 Å². The molecular weight excluding hydrogens is 482 g/mol. The third-order valence-corrected chi connectivity index (χ3v) is 7.62. The van der Waals surface area contributed by atoms with Gasteiger partial charge in [-0.1, -0.05) is 54.6 Å². The number of hydrogen-bond acceptors (Lipinski definition) is 5. The number of nitrogens with one attached hydrogen (secondary N) is 2. The summed E-state index contributed by atoms with van der Waals surface area (Å²) in [7, 11) is 0. The number of hydrogen-bond donors (Lipinski definition) is 2. The predicted molar refractivity (Wildman–Crippen MR) is 158 cm³/mol. The molecule has 5 heteroatoms. The molecule has 39 heavy (non-hydrogen) atoms. The average Bonchev–Trinajstić information content (AvgIpc) is 3.57. The van der Waals surface area contributed by atoms with Crippen molar-refractivity contribution in [1.29, 1.82) is 0 Å². The van der Waals surface area contributed by atoms with Crippen LogP contribution in [0.15, 0.2) is 112 Å². The van der Waals surface area contributed by atoms with Gasteiger partial charge in [-0.05, 0) is 54.1 Å². The maximum Gasteiger partial charge on any atom is 0.137 e. The highest BCUT2D eigenvalue weighted by molar-refractivity contribution is 6.03. The van der Waals surface area contributed by atoms with Crippen LogP contribution in [-0.2, 0) is 13.1 Å². The summed E-state index contributed by atoms with van der Waals surface area (Å²) < 4.78 is 12.5. The minimum Gasteiger partial charge on any atom is -0.456 e. The van der Waals surface area contributed by atoms with Crippen LogP contribution in [0.2, 0.25) is 0 Å². The highest BCUT2D eigenvalue weighted by Crippen LogP contribution is 2.46. The lowest BCUT2D eigenvalue weighted by atomic mass is 10.00. The molecule has 0 spiro atoms. The fourth-order valence-corrected chi connectivity index (χ4v) is 5.85. The molecule has 0 amide bonds. The highest BCUT2D eigenvalue weighted by atomic mass is 16.3. The summed E-state index contributed by atoms with van der Waals surface area (Å²) in [5.74, 6) is 1.82. The summed E-state index contributed by atoms with van der Waals surface area (Å²) in [6.07, 6.45) is 7.90. The van der Waals surface area contributed by atoms with Crippen LogP contribution in [0.25, 0.3) is 45.2 Å². The lowest BCUT2D eigenvalue weighted by molar-refractivity contribution is 0.591. The van der Waals surface area contributed by atoms with Gasteiger partial charge >= 0.3 is 0 Å². The minimum atomic E-state index is 0.719. The van der Waals surface area contributed by atoms with Crippen LogP contribution in [0.1, 0.15) is 22.6 Å². The van der Waals surface area contributed by atoms with Gasteiger partial charge < -0.3 is 24.4 Å². The van der Waals surface area contributed by atoms with Crippen molar-refractivity contribution >= 4 is 51.2 Å². The summed E-state index contributed by atoms with van der Waals surface area (Å²) >= 11 is 0. The maximum atomic E-state index is 6.32. The van der Waals surface area contributed by atoms with Crippen molar-refractivity contribution in [2.75, 3.05) is 4.90 Å². The van der Waals surface area contributed by atoms with E-state index in [9.17, 15) is 0 Å². The number of anilines is 3. The topological polar surface area (TPSA) is 53.6 Å². The molecule has 4 aromatic carbocycles. The van der Waals surface area contributed by atoms with Crippen molar-refractivity contribution in [3.63, 3.8) is 0 Å². The Morgan fingerprint density at radius 2 is 1.33 bits per heavy atom. The Morgan fingerprint density at radius 3 is 2.21 bits per heavy atom. The summed E-state index contributed by atoms with van der Waals surface area (Å²) in [4.78, 5) is 2.36. The standard InChI is InChI=1S/C34H25N3O2/c1-2-7-22(8-3-1)24-9-4-5-10-28(24)37(23-13-14-30-25(19-23)26-20-35-17-15-31(26)38-30)29-11-6-12-33-34(29)27-21-36-18-16-32(27)39-33/h1-19,35-36H,20-21H2. The fourth-order valence-electron chi connectivity index (χ4n) is 5.85. The number of nitrogens with zero attached hydrogens (tertiary/aromatic N) is 1. The van der Waals surface area contributed by atoms with Crippen LogP contribution in [0.5, 0.6) is 0 Å². The van der Waals surface area contributed by atoms with E-state index in [0.717, 1.165) is 69.2 Å². The zero-order chi connectivity index (χ0) is 25.8. The maximum absolute atomic E-state index is 6.32. The summed E-state index contributed by atoms with van der Waals surface area (Å²) in [6.45, 7) is 1.46. The molecule has 0 saturated carbocycles. The van der Waals surface area contributed by atoms with E-state index in [1.54, 1.807) is 0 Å². The van der Waals surface area contributed by atoms with Crippen molar-refractivity contribution in [3.05, 3.63) is 126 Å². The van der Waals surface area contributed by atoms with Crippen LogP contribution in [0.3, 0.4) is 0 Å². The zero-order valence-corrected chi connectivity index (χ0v) is 21.1.